The third kappa shape index (κ3) is 3.55. The lowest BCUT2D eigenvalue weighted by Crippen LogP contribution is -2.35. The summed E-state index contributed by atoms with van der Waals surface area (Å²) in [6.45, 7) is 2.62. The highest BCUT2D eigenvalue weighted by molar-refractivity contribution is 5.79. The molecule has 6 heteroatoms. The van der Waals surface area contributed by atoms with Crippen molar-refractivity contribution in [1.82, 2.24) is 0 Å². The molecule has 1 heterocycles. The van der Waals surface area contributed by atoms with E-state index < -0.39 is 0 Å². The van der Waals surface area contributed by atoms with E-state index in [0.29, 0.717) is 41.7 Å². The summed E-state index contributed by atoms with van der Waals surface area (Å²) in [5.41, 5.74) is 10.3. The zero-order valence-corrected chi connectivity index (χ0v) is 17.3. The molecule has 0 aliphatic carbocycles. The molecule has 3 aromatic rings. The number of nitrogens with two attached hydrogens (primary N) is 1. The number of benzene rings is 3. The highest BCUT2D eigenvalue weighted by atomic mass is 19.1. The van der Waals surface area contributed by atoms with Gasteiger partial charge in [0.05, 0.1) is 7.11 Å². The van der Waals surface area contributed by atoms with E-state index in [2.05, 4.69) is 5.32 Å². The molecule has 3 aromatic carbocycles. The van der Waals surface area contributed by atoms with E-state index in [4.69, 9.17) is 19.9 Å². The van der Waals surface area contributed by atoms with Gasteiger partial charge < -0.3 is 25.3 Å². The summed E-state index contributed by atoms with van der Waals surface area (Å²) >= 11 is 0. The molecule has 5 nitrogen and oxygen atoms in total. The average molecular weight is 408 g/mol. The summed E-state index contributed by atoms with van der Waals surface area (Å²) in [6.07, 6.45) is -0.150. The Bertz CT molecular complexity index is 1080. The van der Waals surface area contributed by atoms with Gasteiger partial charge in [-0.15, -0.1) is 0 Å². The molecule has 30 heavy (non-hydrogen) atoms. The predicted octanol–water partition coefficient (Wildman–Crippen LogP) is 4.62. The van der Waals surface area contributed by atoms with Crippen molar-refractivity contribution in [2.45, 2.75) is 13.0 Å². The van der Waals surface area contributed by atoms with Gasteiger partial charge >= 0.3 is 0 Å². The van der Waals surface area contributed by atoms with Gasteiger partial charge in [0.25, 0.3) is 0 Å². The molecule has 0 spiro atoms. The number of halogens is 1. The Labute approximate surface area is 175 Å². The van der Waals surface area contributed by atoms with Crippen LogP contribution in [0.1, 0.15) is 5.56 Å². The Morgan fingerprint density at radius 3 is 2.60 bits per heavy atom. The lowest BCUT2D eigenvalue weighted by atomic mass is 9.95. The molecule has 0 radical (unpaired) electrons. The summed E-state index contributed by atoms with van der Waals surface area (Å²) in [7, 11) is 3.21. The summed E-state index contributed by atoms with van der Waals surface area (Å²) < 4.78 is 31.9. The highest BCUT2D eigenvalue weighted by Gasteiger charge is 2.21. The van der Waals surface area contributed by atoms with Crippen molar-refractivity contribution in [1.29, 1.82) is 0 Å². The number of ether oxygens (including phenoxy) is 3. The number of nitrogens with one attached hydrogen (secondary N) is 1. The van der Waals surface area contributed by atoms with Crippen molar-refractivity contribution in [3.05, 3.63) is 59.9 Å². The zero-order chi connectivity index (χ0) is 21.3. The molecule has 1 atom stereocenters. The molecule has 0 amide bonds. The normalized spacial score (nSPS) is 15.0. The van der Waals surface area contributed by atoms with Crippen LogP contribution < -0.4 is 25.3 Å². The summed E-state index contributed by atoms with van der Waals surface area (Å²) in [5, 5.41) is 2.87. The third-order valence-electron chi connectivity index (χ3n) is 5.38. The molecule has 4 rings (SSSR count). The summed E-state index contributed by atoms with van der Waals surface area (Å²) in [6, 6.07) is 15.7. The number of hydrogen-bond donors (Lipinski definition) is 2. The lowest BCUT2D eigenvalue weighted by molar-refractivity contribution is 0.0970. The van der Waals surface area contributed by atoms with E-state index in [0.717, 1.165) is 22.3 Å². The van der Waals surface area contributed by atoms with Gasteiger partial charge in [-0.3, -0.25) is 0 Å². The van der Waals surface area contributed by atoms with Crippen molar-refractivity contribution < 1.29 is 18.6 Å². The molecule has 0 bridgehead atoms. The Morgan fingerprint density at radius 1 is 1.10 bits per heavy atom. The second-order valence-electron chi connectivity index (χ2n) is 7.22. The van der Waals surface area contributed by atoms with Crippen LogP contribution in [0.25, 0.3) is 22.3 Å². The van der Waals surface area contributed by atoms with E-state index in [1.54, 1.807) is 14.0 Å². The number of hydrogen-bond acceptors (Lipinski definition) is 5. The van der Waals surface area contributed by atoms with Gasteiger partial charge in [-0.05, 0) is 59.0 Å². The van der Waals surface area contributed by atoms with Crippen molar-refractivity contribution in [3.8, 4) is 39.5 Å². The first-order valence-electron chi connectivity index (χ1n) is 9.85. The quantitative estimate of drug-likeness (QED) is 0.645. The molecule has 0 aromatic heterocycles. The maximum Gasteiger partial charge on any atom is 0.162 e. The fourth-order valence-corrected chi connectivity index (χ4v) is 3.70. The minimum Gasteiger partial charge on any atom is -0.494 e. The van der Waals surface area contributed by atoms with Crippen LogP contribution in [0, 0.1) is 12.7 Å². The molecule has 1 aliphatic heterocycles. The molecule has 3 N–H and O–H groups in total. The number of fused-ring (bicyclic) bond motifs is 1. The standard InChI is InChI=1S/C24H25FN2O3/c1-14-19(11-22(28-3)24(27-2)23(14)25)17-6-4-5-15(9-17)16-7-8-20-21(10-16)30-18(12-26)13-29-20/h4-11,18,27H,12-13,26H2,1-3H3. The largest absolute Gasteiger partial charge is 0.494 e. The first-order chi connectivity index (χ1) is 14.5. The molecule has 0 saturated carbocycles. The van der Waals surface area contributed by atoms with Crippen LogP contribution in [0.5, 0.6) is 17.2 Å². The summed E-state index contributed by atoms with van der Waals surface area (Å²) in [5.74, 6) is 1.55. The van der Waals surface area contributed by atoms with Gasteiger partial charge in [0.1, 0.15) is 24.1 Å². The van der Waals surface area contributed by atoms with Gasteiger partial charge in [0.2, 0.25) is 0 Å². The number of methoxy groups -OCH3 is 1. The smallest absolute Gasteiger partial charge is 0.162 e. The number of rotatable bonds is 5. The molecule has 156 valence electrons. The first kappa shape index (κ1) is 20.0. The SMILES string of the molecule is CNc1c(OC)cc(-c2cccc(-c3ccc4c(c3)OC(CN)CO4)c2)c(C)c1F. The molecule has 1 aliphatic rings. The van der Waals surface area contributed by atoms with E-state index in [-0.39, 0.29) is 11.9 Å². The van der Waals surface area contributed by atoms with E-state index in [1.165, 1.54) is 7.11 Å². The Balaban J connectivity index is 1.75. The van der Waals surface area contributed by atoms with Gasteiger partial charge in [0.15, 0.2) is 17.3 Å². The maximum absolute atomic E-state index is 14.9. The lowest BCUT2D eigenvalue weighted by Gasteiger charge is -2.26. The van der Waals surface area contributed by atoms with Crippen molar-refractivity contribution >= 4 is 5.69 Å². The van der Waals surface area contributed by atoms with E-state index in [9.17, 15) is 4.39 Å². The second-order valence-corrected chi connectivity index (χ2v) is 7.22. The van der Waals surface area contributed by atoms with Crippen LogP contribution in [0.2, 0.25) is 0 Å². The third-order valence-corrected chi connectivity index (χ3v) is 5.38. The van der Waals surface area contributed by atoms with Crippen molar-refractivity contribution in [2.75, 3.05) is 32.6 Å². The monoisotopic (exact) mass is 408 g/mol. The molecule has 0 fully saturated rings. The first-order valence-corrected chi connectivity index (χ1v) is 9.85. The van der Waals surface area contributed by atoms with E-state index in [1.807, 2.05) is 48.5 Å². The average Bonchev–Trinajstić information content (AvgIpc) is 2.79. The van der Waals surface area contributed by atoms with Crippen molar-refractivity contribution in [2.24, 2.45) is 5.73 Å². The van der Waals surface area contributed by atoms with Crippen LogP contribution in [0.15, 0.2) is 48.5 Å². The fraction of sp³-hybridized carbons (Fsp3) is 0.250. The Kier molecular flexibility index (Phi) is 5.50. The van der Waals surface area contributed by atoms with Crippen molar-refractivity contribution in [3.63, 3.8) is 0 Å². The Hall–Kier alpha value is -3.25. The minimum absolute atomic E-state index is 0.150. The van der Waals surface area contributed by atoms with Crippen LogP contribution in [0.4, 0.5) is 10.1 Å². The molecular formula is C24H25FN2O3. The zero-order valence-electron chi connectivity index (χ0n) is 17.3. The van der Waals surface area contributed by atoms with Crippen LogP contribution in [0.3, 0.4) is 0 Å². The number of anilines is 1. The second kappa shape index (κ2) is 8.24. The maximum atomic E-state index is 14.9. The van der Waals surface area contributed by atoms with Gasteiger partial charge in [-0.2, -0.15) is 0 Å². The minimum atomic E-state index is -0.315. The Morgan fingerprint density at radius 2 is 1.87 bits per heavy atom. The topological polar surface area (TPSA) is 65.7 Å². The fourth-order valence-electron chi connectivity index (χ4n) is 3.70. The molecular weight excluding hydrogens is 383 g/mol. The predicted molar refractivity (Wildman–Crippen MR) is 117 cm³/mol. The van der Waals surface area contributed by atoms with Gasteiger partial charge in [-0.25, -0.2) is 4.39 Å². The van der Waals surface area contributed by atoms with E-state index >= 15 is 0 Å². The van der Waals surface area contributed by atoms with Crippen LogP contribution in [-0.4, -0.2) is 33.4 Å². The molecule has 1 unspecified atom stereocenters. The van der Waals surface area contributed by atoms with Gasteiger partial charge in [0, 0.05) is 13.6 Å². The highest BCUT2D eigenvalue weighted by Crippen LogP contribution is 2.39. The molecule has 0 saturated heterocycles. The summed E-state index contributed by atoms with van der Waals surface area (Å²) in [4.78, 5) is 0. The van der Waals surface area contributed by atoms with Crippen LogP contribution in [-0.2, 0) is 0 Å². The van der Waals surface area contributed by atoms with Crippen LogP contribution >= 0.6 is 0 Å². The van der Waals surface area contributed by atoms with Gasteiger partial charge in [-0.1, -0.05) is 24.3 Å².